The number of halogens is 1. The van der Waals surface area contributed by atoms with E-state index in [9.17, 15) is 0 Å². The van der Waals surface area contributed by atoms with Crippen molar-refractivity contribution in [3.05, 3.63) is 28.7 Å². The van der Waals surface area contributed by atoms with Crippen LogP contribution in [-0.4, -0.2) is 13.1 Å². The first-order valence-electron chi connectivity index (χ1n) is 4.35. The first kappa shape index (κ1) is 10.4. The molecular weight excluding hydrogens is 186 g/mol. The molecule has 0 spiro atoms. The Kier molecular flexibility index (Phi) is 4.06. The molecule has 2 nitrogen and oxygen atoms in total. The predicted molar refractivity (Wildman–Crippen MR) is 55.9 cm³/mol. The molecule has 72 valence electrons. The molecule has 1 heterocycles. The molecule has 0 aromatic carbocycles. The van der Waals surface area contributed by atoms with E-state index in [4.69, 9.17) is 16.0 Å². The Morgan fingerprint density at radius 3 is 2.92 bits per heavy atom. The first-order valence-corrected chi connectivity index (χ1v) is 4.73. The fraction of sp³-hybridized carbons (Fsp3) is 0.400. The minimum Gasteiger partial charge on any atom is -0.445 e. The van der Waals surface area contributed by atoms with Gasteiger partial charge in [0.25, 0.3) is 0 Å². The van der Waals surface area contributed by atoms with Gasteiger partial charge in [0.05, 0.1) is 0 Å². The van der Waals surface area contributed by atoms with Crippen LogP contribution in [0.4, 0.5) is 0 Å². The number of nitrogens with one attached hydrogen (secondary N) is 1. The van der Waals surface area contributed by atoms with Gasteiger partial charge in [0.15, 0.2) is 5.22 Å². The number of likely N-dealkylation sites (N-methyl/N-ethyl adjacent to an activating group) is 1. The van der Waals surface area contributed by atoms with E-state index in [0.717, 1.165) is 18.8 Å². The van der Waals surface area contributed by atoms with E-state index in [-0.39, 0.29) is 0 Å². The molecule has 0 aliphatic carbocycles. The van der Waals surface area contributed by atoms with Gasteiger partial charge in [-0.05, 0) is 43.3 Å². The van der Waals surface area contributed by atoms with Crippen LogP contribution in [0, 0.1) is 0 Å². The lowest BCUT2D eigenvalue weighted by Gasteiger charge is -1.99. The highest BCUT2D eigenvalue weighted by Gasteiger charge is 1.96. The fourth-order valence-electron chi connectivity index (χ4n) is 1.02. The zero-order valence-corrected chi connectivity index (χ0v) is 8.69. The Hall–Kier alpha value is -0.730. The van der Waals surface area contributed by atoms with Gasteiger partial charge in [-0.2, -0.15) is 0 Å². The SMILES string of the molecule is CCNCC(C)=Cc1ccc(Cl)o1. The lowest BCUT2D eigenvalue weighted by Crippen LogP contribution is -2.14. The second-order valence-corrected chi connectivity index (χ2v) is 3.29. The predicted octanol–water partition coefficient (Wildman–Crippen LogP) is 2.95. The molecule has 0 aliphatic heterocycles. The molecule has 1 rings (SSSR count). The summed E-state index contributed by atoms with van der Waals surface area (Å²) in [5.41, 5.74) is 1.23. The minimum absolute atomic E-state index is 0.433. The number of furan rings is 1. The molecule has 0 amide bonds. The van der Waals surface area contributed by atoms with Crippen molar-refractivity contribution in [3.8, 4) is 0 Å². The third-order valence-electron chi connectivity index (χ3n) is 1.64. The standard InChI is InChI=1S/C10H14ClNO/c1-3-12-7-8(2)6-9-4-5-10(11)13-9/h4-6,12H,3,7H2,1-2H3. The summed E-state index contributed by atoms with van der Waals surface area (Å²) < 4.78 is 5.20. The van der Waals surface area contributed by atoms with Gasteiger partial charge >= 0.3 is 0 Å². The van der Waals surface area contributed by atoms with Crippen molar-refractivity contribution in [1.29, 1.82) is 0 Å². The smallest absolute Gasteiger partial charge is 0.193 e. The summed E-state index contributed by atoms with van der Waals surface area (Å²) in [5.74, 6) is 0.806. The molecule has 0 unspecified atom stereocenters. The monoisotopic (exact) mass is 199 g/mol. The van der Waals surface area contributed by atoms with Crippen LogP contribution in [0.1, 0.15) is 19.6 Å². The molecule has 0 radical (unpaired) electrons. The van der Waals surface area contributed by atoms with E-state index in [2.05, 4.69) is 19.2 Å². The summed E-state index contributed by atoms with van der Waals surface area (Å²) >= 11 is 5.64. The molecule has 0 bridgehead atoms. The lowest BCUT2D eigenvalue weighted by atomic mass is 10.2. The molecule has 0 atom stereocenters. The average molecular weight is 200 g/mol. The van der Waals surface area contributed by atoms with Crippen molar-refractivity contribution < 1.29 is 4.42 Å². The highest BCUT2D eigenvalue weighted by atomic mass is 35.5. The van der Waals surface area contributed by atoms with Crippen molar-refractivity contribution in [3.63, 3.8) is 0 Å². The largest absolute Gasteiger partial charge is 0.445 e. The Morgan fingerprint density at radius 1 is 1.62 bits per heavy atom. The van der Waals surface area contributed by atoms with Gasteiger partial charge < -0.3 is 9.73 Å². The molecule has 0 saturated heterocycles. The maximum Gasteiger partial charge on any atom is 0.193 e. The van der Waals surface area contributed by atoms with Gasteiger partial charge in [-0.3, -0.25) is 0 Å². The summed E-state index contributed by atoms with van der Waals surface area (Å²) in [6.45, 7) is 6.00. The molecule has 1 N–H and O–H groups in total. The van der Waals surface area contributed by atoms with Crippen LogP contribution >= 0.6 is 11.6 Å². The summed E-state index contributed by atoms with van der Waals surface area (Å²) in [6, 6.07) is 3.60. The van der Waals surface area contributed by atoms with Crippen LogP contribution in [0.5, 0.6) is 0 Å². The number of hydrogen-bond donors (Lipinski definition) is 1. The zero-order chi connectivity index (χ0) is 9.68. The Morgan fingerprint density at radius 2 is 2.38 bits per heavy atom. The Balaban J connectivity index is 2.54. The molecule has 0 saturated carbocycles. The van der Waals surface area contributed by atoms with Crippen LogP contribution in [0.25, 0.3) is 6.08 Å². The average Bonchev–Trinajstić information content (AvgIpc) is 2.48. The topological polar surface area (TPSA) is 25.2 Å². The summed E-state index contributed by atoms with van der Waals surface area (Å²) in [7, 11) is 0. The van der Waals surface area contributed by atoms with Crippen molar-refractivity contribution in [2.24, 2.45) is 0 Å². The van der Waals surface area contributed by atoms with Gasteiger partial charge in [0.2, 0.25) is 0 Å². The van der Waals surface area contributed by atoms with Crippen molar-refractivity contribution >= 4 is 17.7 Å². The van der Waals surface area contributed by atoms with Gasteiger partial charge in [0, 0.05) is 6.54 Å². The molecule has 1 aromatic heterocycles. The minimum atomic E-state index is 0.433. The van der Waals surface area contributed by atoms with E-state index < -0.39 is 0 Å². The second kappa shape index (κ2) is 5.10. The van der Waals surface area contributed by atoms with Gasteiger partial charge in [0.1, 0.15) is 5.76 Å². The molecule has 1 aromatic rings. The molecule has 0 fully saturated rings. The number of hydrogen-bond acceptors (Lipinski definition) is 2. The Labute approximate surface area is 83.6 Å². The lowest BCUT2D eigenvalue weighted by molar-refractivity contribution is 0.558. The summed E-state index contributed by atoms with van der Waals surface area (Å²) in [6.07, 6.45) is 1.98. The van der Waals surface area contributed by atoms with E-state index in [1.165, 1.54) is 5.57 Å². The van der Waals surface area contributed by atoms with Crippen molar-refractivity contribution in [1.82, 2.24) is 5.32 Å². The third-order valence-corrected chi connectivity index (χ3v) is 1.84. The highest BCUT2D eigenvalue weighted by molar-refractivity contribution is 6.28. The fourth-order valence-corrected chi connectivity index (χ4v) is 1.17. The molecule has 3 heteroatoms. The van der Waals surface area contributed by atoms with Gasteiger partial charge in [-0.25, -0.2) is 0 Å². The van der Waals surface area contributed by atoms with E-state index in [1.54, 1.807) is 6.07 Å². The van der Waals surface area contributed by atoms with E-state index >= 15 is 0 Å². The second-order valence-electron chi connectivity index (χ2n) is 2.91. The molecular formula is C10H14ClNO. The van der Waals surface area contributed by atoms with Crippen LogP contribution in [0.2, 0.25) is 5.22 Å². The first-order chi connectivity index (χ1) is 6.22. The molecule has 13 heavy (non-hydrogen) atoms. The van der Waals surface area contributed by atoms with Crippen molar-refractivity contribution in [2.45, 2.75) is 13.8 Å². The maximum absolute atomic E-state index is 5.64. The van der Waals surface area contributed by atoms with E-state index in [0.29, 0.717) is 5.22 Å². The number of rotatable bonds is 4. The van der Waals surface area contributed by atoms with Gasteiger partial charge in [-0.1, -0.05) is 12.5 Å². The van der Waals surface area contributed by atoms with Crippen LogP contribution < -0.4 is 5.32 Å². The Bertz CT molecular complexity index is 291. The van der Waals surface area contributed by atoms with Crippen LogP contribution in [0.3, 0.4) is 0 Å². The highest BCUT2D eigenvalue weighted by Crippen LogP contribution is 2.15. The third kappa shape index (κ3) is 3.66. The van der Waals surface area contributed by atoms with Crippen molar-refractivity contribution in [2.75, 3.05) is 13.1 Å². The van der Waals surface area contributed by atoms with Gasteiger partial charge in [-0.15, -0.1) is 0 Å². The van der Waals surface area contributed by atoms with Crippen LogP contribution in [0.15, 0.2) is 22.1 Å². The van der Waals surface area contributed by atoms with Crippen LogP contribution in [-0.2, 0) is 0 Å². The quantitative estimate of drug-likeness (QED) is 0.807. The molecule has 0 aliphatic rings. The summed E-state index contributed by atoms with van der Waals surface area (Å²) in [5, 5.41) is 3.67. The van der Waals surface area contributed by atoms with E-state index in [1.807, 2.05) is 12.1 Å². The maximum atomic E-state index is 5.64. The summed E-state index contributed by atoms with van der Waals surface area (Å²) in [4.78, 5) is 0. The normalized spacial score (nSPS) is 12.1. The zero-order valence-electron chi connectivity index (χ0n) is 7.93.